The predicted octanol–water partition coefficient (Wildman–Crippen LogP) is 3.49. The van der Waals surface area contributed by atoms with Crippen LogP contribution in [0.4, 0.5) is 4.79 Å². The van der Waals surface area contributed by atoms with Gasteiger partial charge in [0.1, 0.15) is 11.4 Å². The van der Waals surface area contributed by atoms with E-state index in [1.807, 2.05) is 32.9 Å². The van der Waals surface area contributed by atoms with Gasteiger partial charge in [-0.3, -0.25) is 0 Å². The third-order valence-corrected chi connectivity index (χ3v) is 3.14. The number of furan rings is 1. The van der Waals surface area contributed by atoms with Crippen LogP contribution in [0.15, 0.2) is 22.8 Å². The molecule has 0 fully saturated rings. The summed E-state index contributed by atoms with van der Waals surface area (Å²) in [5.41, 5.74) is -0.468. The molecule has 0 aliphatic heterocycles. The Morgan fingerprint density at radius 1 is 1.41 bits per heavy atom. The maximum Gasteiger partial charge on any atom is 0.407 e. The van der Waals surface area contributed by atoms with Crippen LogP contribution in [-0.4, -0.2) is 30.3 Å². The molecule has 0 saturated carbocycles. The zero-order valence-corrected chi connectivity index (χ0v) is 14.4. The number of ether oxygens (including phenoxy) is 1. The van der Waals surface area contributed by atoms with Crippen LogP contribution in [0.3, 0.4) is 0 Å². The molecule has 5 heteroatoms. The lowest BCUT2D eigenvalue weighted by atomic mass is 10.1. The highest BCUT2D eigenvalue weighted by molar-refractivity contribution is 5.67. The summed E-state index contributed by atoms with van der Waals surface area (Å²) < 4.78 is 10.6. The SMILES string of the molecule is CCCC(CNC(=O)OC(C)(C)C)NC(C)Cc1ccco1. The fraction of sp³-hybridized carbons (Fsp3) is 0.706. The summed E-state index contributed by atoms with van der Waals surface area (Å²) in [5, 5.41) is 6.39. The number of amides is 1. The molecule has 2 atom stereocenters. The van der Waals surface area contributed by atoms with Gasteiger partial charge >= 0.3 is 6.09 Å². The van der Waals surface area contributed by atoms with Crippen molar-refractivity contribution in [2.45, 2.75) is 71.6 Å². The molecule has 0 saturated heterocycles. The standard InChI is InChI=1S/C17H30N2O3/c1-6-8-14(12-18-16(20)22-17(3,4)5)19-13(2)11-15-9-7-10-21-15/h7,9-10,13-14,19H,6,8,11-12H2,1-5H3,(H,18,20). The topological polar surface area (TPSA) is 63.5 Å². The van der Waals surface area contributed by atoms with Crippen molar-refractivity contribution in [3.63, 3.8) is 0 Å². The molecule has 1 amide bonds. The normalized spacial score (nSPS) is 14.4. The van der Waals surface area contributed by atoms with E-state index < -0.39 is 5.60 Å². The van der Waals surface area contributed by atoms with Crippen molar-refractivity contribution in [1.29, 1.82) is 0 Å². The Morgan fingerprint density at radius 2 is 2.14 bits per heavy atom. The van der Waals surface area contributed by atoms with Crippen molar-refractivity contribution in [2.75, 3.05) is 6.54 Å². The van der Waals surface area contributed by atoms with Crippen LogP contribution in [0.25, 0.3) is 0 Å². The maximum absolute atomic E-state index is 11.7. The van der Waals surface area contributed by atoms with Crippen molar-refractivity contribution < 1.29 is 13.9 Å². The van der Waals surface area contributed by atoms with Gasteiger partial charge in [-0.05, 0) is 46.2 Å². The van der Waals surface area contributed by atoms with Crippen molar-refractivity contribution >= 4 is 6.09 Å². The number of hydrogen-bond donors (Lipinski definition) is 2. The number of carbonyl (C=O) groups is 1. The summed E-state index contributed by atoms with van der Waals surface area (Å²) in [7, 11) is 0. The number of alkyl carbamates (subject to hydrolysis) is 1. The van der Waals surface area contributed by atoms with E-state index in [1.165, 1.54) is 0 Å². The lowest BCUT2D eigenvalue weighted by Gasteiger charge is -2.24. The molecule has 0 aliphatic carbocycles. The molecule has 5 nitrogen and oxygen atoms in total. The highest BCUT2D eigenvalue weighted by Gasteiger charge is 2.18. The average Bonchev–Trinajstić information content (AvgIpc) is 2.87. The van der Waals surface area contributed by atoms with Crippen LogP contribution in [-0.2, 0) is 11.2 Å². The second-order valence-electron chi connectivity index (χ2n) is 6.72. The zero-order valence-electron chi connectivity index (χ0n) is 14.4. The first kappa shape index (κ1) is 18.6. The highest BCUT2D eigenvalue weighted by atomic mass is 16.6. The molecular formula is C17H30N2O3. The summed E-state index contributed by atoms with van der Waals surface area (Å²) in [4.78, 5) is 11.7. The lowest BCUT2D eigenvalue weighted by Crippen LogP contribution is -2.46. The van der Waals surface area contributed by atoms with E-state index in [-0.39, 0.29) is 18.2 Å². The van der Waals surface area contributed by atoms with Crippen LogP contribution < -0.4 is 10.6 Å². The lowest BCUT2D eigenvalue weighted by molar-refractivity contribution is 0.0521. The second-order valence-corrected chi connectivity index (χ2v) is 6.72. The predicted molar refractivity (Wildman–Crippen MR) is 87.9 cm³/mol. The molecule has 0 bridgehead atoms. The van der Waals surface area contributed by atoms with E-state index in [0.717, 1.165) is 25.0 Å². The van der Waals surface area contributed by atoms with Gasteiger partial charge in [0.25, 0.3) is 0 Å². The van der Waals surface area contributed by atoms with E-state index in [2.05, 4.69) is 24.5 Å². The summed E-state index contributed by atoms with van der Waals surface area (Å²) in [6.45, 7) is 10.4. The second kappa shape index (κ2) is 8.83. The summed E-state index contributed by atoms with van der Waals surface area (Å²) in [5.74, 6) is 0.968. The molecule has 1 heterocycles. The maximum atomic E-state index is 11.7. The first-order valence-corrected chi connectivity index (χ1v) is 8.05. The smallest absolute Gasteiger partial charge is 0.407 e. The fourth-order valence-corrected chi connectivity index (χ4v) is 2.31. The third-order valence-electron chi connectivity index (χ3n) is 3.14. The first-order valence-electron chi connectivity index (χ1n) is 8.05. The fourth-order valence-electron chi connectivity index (χ4n) is 2.31. The molecule has 0 radical (unpaired) electrons. The van der Waals surface area contributed by atoms with Gasteiger partial charge in [0, 0.05) is 25.0 Å². The summed E-state index contributed by atoms with van der Waals surface area (Å²) in [6.07, 6.45) is 4.21. The Morgan fingerprint density at radius 3 is 2.68 bits per heavy atom. The minimum absolute atomic E-state index is 0.225. The number of nitrogens with one attached hydrogen (secondary N) is 2. The Balaban J connectivity index is 2.39. The van der Waals surface area contributed by atoms with Gasteiger partial charge in [-0.2, -0.15) is 0 Å². The van der Waals surface area contributed by atoms with E-state index in [1.54, 1.807) is 6.26 Å². The molecule has 1 aromatic heterocycles. The van der Waals surface area contributed by atoms with Crippen molar-refractivity contribution in [3.05, 3.63) is 24.2 Å². The van der Waals surface area contributed by atoms with Gasteiger partial charge < -0.3 is 19.8 Å². The Bertz CT molecular complexity index is 424. The molecule has 0 aromatic carbocycles. The molecule has 1 aromatic rings. The van der Waals surface area contributed by atoms with E-state index in [9.17, 15) is 4.79 Å². The first-order chi connectivity index (χ1) is 10.3. The van der Waals surface area contributed by atoms with Crippen LogP contribution >= 0.6 is 0 Å². The van der Waals surface area contributed by atoms with Crippen LogP contribution in [0, 0.1) is 0 Å². The van der Waals surface area contributed by atoms with Gasteiger partial charge in [0.15, 0.2) is 0 Å². The Labute approximate surface area is 133 Å². The van der Waals surface area contributed by atoms with E-state index in [0.29, 0.717) is 6.54 Å². The third kappa shape index (κ3) is 8.08. The van der Waals surface area contributed by atoms with Crippen molar-refractivity contribution in [3.8, 4) is 0 Å². The minimum Gasteiger partial charge on any atom is -0.469 e. The van der Waals surface area contributed by atoms with Gasteiger partial charge in [0.2, 0.25) is 0 Å². The van der Waals surface area contributed by atoms with Gasteiger partial charge in [0.05, 0.1) is 6.26 Å². The molecule has 2 N–H and O–H groups in total. The molecule has 2 unspecified atom stereocenters. The molecule has 126 valence electrons. The average molecular weight is 310 g/mol. The largest absolute Gasteiger partial charge is 0.469 e. The highest BCUT2D eigenvalue weighted by Crippen LogP contribution is 2.08. The molecule has 1 rings (SSSR count). The quantitative estimate of drug-likeness (QED) is 0.771. The van der Waals surface area contributed by atoms with Crippen LogP contribution in [0.5, 0.6) is 0 Å². The van der Waals surface area contributed by atoms with E-state index in [4.69, 9.17) is 9.15 Å². The summed E-state index contributed by atoms with van der Waals surface area (Å²) in [6, 6.07) is 4.38. The zero-order chi connectivity index (χ0) is 16.6. The molecule has 0 spiro atoms. The monoisotopic (exact) mass is 310 g/mol. The van der Waals surface area contributed by atoms with E-state index >= 15 is 0 Å². The molecule has 22 heavy (non-hydrogen) atoms. The van der Waals surface area contributed by atoms with Gasteiger partial charge in [-0.25, -0.2) is 4.79 Å². The Kier molecular flexibility index (Phi) is 7.45. The molecule has 0 aliphatic rings. The Hall–Kier alpha value is -1.49. The number of rotatable bonds is 8. The minimum atomic E-state index is -0.468. The number of hydrogen-bond acceptors (Lipinski definition) is 4. The van der Waals surface area contributed by atoms with Crippen LogP contribution in [0.1, 0.15) is 53.2 Å². The molecular weight excluding hydrogens is 280 g/mol. The van der Waals surface area contributed by atoms with Crippen molar-refractivity contribution in [2.24, 2.45) is 0 Å². The summed E-state index contributed by atoms with van der Waals surface area (Å²) >= 11 is 0. The van der Waals surface area contributed by atoms with Gasteiger partial charge in [-0.15, -0.1) is 0 Å². The number of carbonyl (C=O) groups excluding carboxylic acids is 1. The van der Waals surface area contributed by atoms with Crippen molar-refractivity contribution in [1.82, 2.24) is 10.6 Å². The van der Waals surface area contributed by atoms with Gasteiger partial charge in [-0.1, -0.05) is 13.3 Å². The van der Waals surface area contributed by atoms with Crippen LogP contribution in [0.2, 0.25) is 0 Å².